The Morgan fingerprint density at radius 2 is 1.74 bits per heavy atom. The number of β-amino-alcohol motifs (C(OH)–C–C–N with tert-alkyl or cyclic N) is 1. The van der Waals surface area contributed by atoms with Gasteiger partial charge in [-0.2, -0.15) is 4.31 Å². The van der Waals surface area contributed by atoms with Gasteiger partial charge < -0.3 is 9.84 Å². The second-order valence-electron chi connectivity index (χ2n) is 6.93. The van der Waals surface area contributed by atoms with Gasteiger partial charge in [-0.25, -0.2) is 27.1 Å². The molecule has 1 aliphatic rings. The number of rotatable bonds is 6. The lowest BCUT2D eigenvalue weighted by atomic mass is 10.0. The molecule has 0 radical (unpaired) electrons. The number of hydrogen-bond acceptors (Lipinski definition) is 6. The first kappa shape index (κ1) is 23.0. The van der Waals surface area contributed by atoms with Gasteiger partial charge in [0.25, 0.3) is 5.91 Å². The first-order valence-electron chi connectivity index (χ1n) is 9.13. The lowest BCUT2D eigenvalue weighted by molar-refractivity contribution is -0.135. The molecule has 12 heteroatoms. The number of ether oxygens (including phenoxy) is 1. The maximum absolute atomic E-state index is 13.3. The highest BCUT2D eigenvalue weighted by molar-refractivity contribution is 7.89. The average molecular weight is 460 g/mol. The maximum atomic E-state index is 13.3. The van der Waals surface area contributed by atoms with Crippen LogP contribution in [0.2, 0.25) is 0 Å². The lowest BCUT2D eigenvalue weighted by Gasteiger charge is -2.35. The molecule has 0 spiro atoms. The highest BCUT2D eigenvalue weighted by atomic mass is 32.2. The summed E-state index contributed by atoms with van der Waals surface area (Å²) in [6, 6.07) is 5.38. The molecule has 3 N–H and O–H groups in total. The van der Waals surface area contributed by atoms with Crippen LogP contribution in [0.25, 0.3) is 0 Å². The number of carbonyl (C=O) groups is 1. The fourth-order valence-corrected chi connectivity index (χ4v) is 4.88. The molecule has 1 amide bonds. The van der Waals surface area contributed by atoms with E-state index in [1.165, 1.54) is 29.7 Å². The van der Waals surface area contributed by atoms with E-state index in [9.17, 15) is 31.5 Å². The maximum Gasteiger partial charge on any atom is 0.261 e. The number of aliphatic hydroxyl groups excluding tert-OH is 1. The largest absolute Gasteiger partial charge is 0.489 e. The molecular formula is C19H19F3N2O6S. The van der Waals surface area contributed by atoms with Crippen LogP contribution in [0.3, 0.4) is 0 Å². The number of piperidine rings is 1. The van der Waals surface area contributed by atoms with Crippen molar-refractivity contribution in [3.05, 3.63) is 59.4 Å². The number of amides is 1. The number of nitrogens with zero attached hydrogens (tertiary/aromatic N) is 1. The SMILES string of the molecule is O=C(NO)[C@H]1CC[C@@H](O)CN1S(=O)(=O)c1ccc(OCc2cc(F)c(F)c(F)c2)cc1. The summed E-state index contributed by atoms with van der Waals surface area (Å²) in [6.07, 6.45) is -0.739. The van der Waals surface area contributed by atoms with Crippen LogP contribution in [0.5, 0.6) is 5.75 Å². The summed E-state index contributed by atoms with van der Waals surface area (Å²) in [5.74, 6) is -5.04. The Morgan fingerprint density at radius 3 is 2.32 bits per heavy atom. The van der Waals surface area contributed by atoms with Crippen molar-refractivity contribution in [3.63, 3.8) is 0 Å². The normalized spacial score (nSPS) is 19.8. The van der Waals surface area contributed by atoms with Gasteiger partial charge in [-0.3, -0.25) is 10.0 Å². The Morgan fingerprint density at radius 1 is 1.13 bits per heavy atom. The zero-order valence-corrected chi connectivity index (χ0v) is 16.8. The summed E-state index contributed by atoms with van der Waals surface area (Å²) in [4.78, 5) is 11.7. The number of carbonyl (C=O) groups excluding carboxylic acids is 1. The van der Waals surface area contributed by atoms with Gasteiger partial charge in [-0.05, 0) is 54.8 Å². The molecule has 2 atom stereocenters. The Hall–Kier alpha value is -2.67. The fraction of sp³-hybridized carbons (Fsp3) is 0.316. The van der Waals surface area contributed by atoms with Crippen molar-refractivity contribution in [1.82, 2.24) is 9.79 Å². The lowest BCUT2D eigenvalue weighted by Crippen LogP contribution is -2.54. The van der Waals surface area contributed by atoms with Crippen molar-refractivity contribution >= 4 is 15.9 Å². The molecule has 0 unspecified atom stereocenters. The number of halogens is 3. The second-order valence-corrected chi connectivity index (χ2v) is 8.82. The molecule has 8 nitrogen and oxygen atoms in total. The number of hydroxylamine groups is 1. The molecule has 3 rings (SSSR count). The van der Waals surface area contributed by atoms with Crippen molar-refractivity contribution in [2.75, 3.05) is 6.54 Å². The minimum Gasteiger partial charge on any atom is -0.489 e. The molecule has 0 aliphatic carbocycles. The molecule has 0 aromatic heterocycles. The minimum atomic E-state index is -4.19. The van der Waals surface area contributed by atoms with Gasteiger partial charge in [0.2, 0.25) is 10.0 Å². The van der Waals surface area contributed by atoms with Crippen LogP contribution in [0, 0.1) is 17.5 Å². The van der Waals surface area contributed by atoms with E-state index >= 15 is 0 Å². The predicted octanol–water partition coefficient (Wildman–Crippen LogP) is 1.70. The van der Waals surface area contributed by atoms with Crippen LogP contribution in [0.1, 0.15) is 18.4 Å². The van der Waals surface area contributed by atoms with E-state index in [1.54, 1.807) is 0 Å². The molecule has 2 aromatic rings. The molecule has 1 fully saturated rings. The van der Waals surface area contributed by atoms with E-state index in [0.717, 1.165) is 16.4 Å². The average Bonchev–Trinajstić information content (AvgIpc) is 2.75. The number of aliphatic hydroxyl groups is 1. The molecule has 168 valence electrons. The smallest absolute Gasteiger partial charge is 0.261 e. The zero-order valence-electron chi connectivity index (χ0n) is 16.0. The van der Waals surface area contributed by atoms with E-state index in [4.69, 9.17) is 9.94 Å². The van der Waals surface area contributed by atoms with Crippen LogP contribution in [-0.2, 0) is 21.4 Å². The monoisotopic (exact) mass is 460 g/mol. The van der Waals surface area contributed by atoms with E-state index in [2.05, 4.69) is 0 Å². The van der Waals surface area contributed by atoms with Crippen LogP contribution >= 0.6 is 0 Å². The third-order valence-corrected chi connectivity index (χ3v) is 6.69. The van der Waals surface area contributed by atoms with E-state index in [-0.39, 0.29) is 42.2 Å². The van der Waals surface area contributed by atoms with E-state index in [0.29, 0.717) is 0 Å². The summed E-state index contributed by atoms with van der Waals surface area (Å²) in [7, 11) is -4.19. The quantitative estimate of drug-likeness (QED) is 0.343. The highest BCUT2D eigenvalue weighted by Gasteiger charge is 2.40. The molecule has 31 heavy (non-hydrogen) atoms. The summed E-state index contributed by atoms with van der Waals surface area (Å²) in [6.45, 7) is -0.613. The fourth-order valence-electron chi connectivity index (χ4n) is 3.22. The minimum absolute atomic E-state index is 0.0266. The Kier molecular flexibility index (Phi) is 6.84. The summed E-state index contributed by atoms with van der Waals surface area (Å²) in [5.41, 5.74) is 1.47. The van der Waals surface area contributed by atoms with Crippen LogP contribution in [-0.4, -0.2) is 47.6 Å². The summed E-state index contributed by atoms with van der Waals surface area (Å²) in [5, 5.41) is 18.7. The molecule has 0 bridgehead atoms. The van der Waals surface area contributed by atoms with Gasteiger partial charge in [-0.15, -0.1) is 0 Å². The van der Waals surface area contributed by atoms with Crippen LogP contribution in [0.15, 0.2) is 41.3 Å². The molecule has 2 aromatic carbocycles. The van der Waals surface area contributed by atoms with Gasteiger partial charge in [0, 0.05) is 6.54 Å². The molecule has 1 aliphatic heterocycles. The first-order valence-corrected chi connectivity index (χ1v) is 10.6. The standard InChI is InChI=1S/C19H19F3N2O6S/c20-15-7-11(8-16(21)18(15)22)10-30-13-2-4-14(5-3-13)31(28,29)24-9-12(25)1-6-17(24)19(26)23-27/h2-5,7-8,12,17,25,27H,1,6,9-10H2,(H,23,26)/t12-,17-/m1/s1. The molecule has 1 saturated heterocycles. The molecule has 0 saturated carbocycles. The molecular weight excluding hydrogens is 441 g/mol. The predicted molar refractivity (Wildman–Crippen MR) is 99.9 cm³/mol. The third-order valence-electron chi connectivity index (χ3n) is 4.80. The van der Waals surface area contributed by atoms with Crippen molar-refractivity contribution in [2.24, 2.45) is 0 Å². The Bertz CT molecular complexity index is 1040. The van der Waals surface area contributed by atoms with Crippen molar-refractivity contribution in [3.8, 4) is 5.75 Å². The van der Waals surface area contributed by atoms with Gasteiger partial charge >= 0.3 is 0 Å². The van der Waals surface area contributed by atoms with Gasteiger partial charge in [-0.1, -0.05) is 0 Å². The first-order chi connectivity index (χ1) is 14.6. The van der Waals surface area contributed by atoms with Crippen LogP contribution < -0.4 is 10.2 Å². The van der Waals surface area contributed by atoms with E-state index < -0.39 is 45.5 Å². The number of benzene rings is 2. The van der Waals surface area contributed by atoms with Crippen molar-refractivity contribution in [1.29, 1.82) is 0 Å². The number of sulfonamides is 1. The number of nitrogens with one attached hydrogen (secondary N) is 1. The zero-order chi connectivity index (χ0) is 22.8. The Labute approximate surface area is 175 Å². The van der Waals surface area contributed by atoms with Gasteiger partial charge in [0.15, 0.2) is 17.5 Å². The third kappa shape index (κ3) is 4.98. The Balaban J connectivity index is 1.75. The van der Waals surface area contributed by atoms with Crippen molar-refractivity contribution in [2.45, 2.75) is 36.5 Å². The summed E-state index contributed by atoms with van der Waals surface area (Å²) < 4.78 is 71.6. The van der Waals surface area contributed by atoms with Gasteiger partial charge in [0.1, 0.15) is 18.4 Å². The topological polar surface area (TPSA) is 116 Å². The number of hydrogen-bond donors (Lipinski definition) is 3. The van der Waals surface area contributed by atoms with Crippen LogP contribution in [0.4, 0.5) is 13.2 Å². The van der Waals surface area contributed by atoms with Crippen molar-refractivity contribution < 1.29 is 41.4 Å². The van der Waals surface area contributed by atoms with Gasteiger partial charge in [0.05, 0.1) is 11.0 Å². The summed E-state index contributed by atoms with van der Waals surface area (Å²) >= 11 is 0. The second kappa shape index (κ2) is 9.22. The molecule has 1 heterocycles. The highest BCUT2D eigenvalue weighted by Crippen LogP contribution is 2.27. The van der Waals surface area contributed by atoms with E-state index in [1.807, 2.05) is 0 Å².